The first-order chi connectivity index (χ1) is 17.5. The molecule has 1 N–H and O–H groups in total. The van der Waals surface area contributed by atoms with Crippen molar-refractivity contribution in [1.29, 1.82) is 0 Å². The van der Waals surface area contributed by atoms with Crippen LogP contribution in [-0.4, -0.2) is 86.6 Å². The molecule has 16 heteroatoms. The molecular formula is C22H24B6ClF2N3O4. The van der Waals surface area contributed by atoms with Crippen LogP contribution in [-0.2, 0) is 32.2 Å². The van der Waals surface area contributed by atoms with Crippen LogP contribution in [0.3, 0.4) is 0 Å². The van der Waals surface area contributed by atoms with Gasteiger partial charge in [0.15, 0.2) is 0 Å². The van der Waals surface area contributed by atoms with Crippen LogP contribution in [0.15, 0.2) is 42.5 Å². The maximum Gasteiger partial charge on any atom is 0.349 e. The molecule has 2 aromatic carbocycles. The Morgan fingerprint density at radius 1 is 1.05 bits per heavy atom. The molecule has 2 unspecified atom stereocenters. The van der Waals surface area contributed by atoms with E-state index < -0.39 is 45.7 Å². The molecule has 4 amide bonds. The van der Waals surface area contributed by atoms with Gasteiger partial charge in [0, 0.05) is 28.0 Å². The summed E-state index contributed by atoms with van der Waals surface area (Å²) in [6, 6.07) is 8.82. The second-order valence-corrected chi connectivity index (χ2v) is 11.6. The molecule has 190 valence electrons. The molecule has 0 spiro atoms. The van der Waals surface area contributed by atoms with Crippen LogP contribution in [0.4, 0.5) is 8.78 Å². The summed E-state index contributed by atoms with van der Waals surface area (Å²) in [4.78, 5) is 54.3. The lowest BCUT2D eigenvalue weighted by Gasteiger charge is -2.47. The van der Waals surface area contributed by atoms with Crippen molar-refractivity contribution >= 4 is 82.4 Å². The Balaban J connectivity index is 1.58. The van der Waals surface area contributed by atoms with Gasteiger partial charge in [-0.1, -0.05) is 35.9 Å². The zero-order valence-corrected chi connectivity index (χ0v) is 22.8. The summed E-state index contributed by atoms with van der Waals surface area (Å²) in [5.74, 6) is -6.78. The standard InChI is InChI=1S/C22H24B6ClF2N3O4/c23-15-14(17(36)34(28)19(38)20(15,24)25)33-8-9-7-11(3-6-13(9)16(33)35)22(26,27)32-18(37)21(30,31)10-1-4-12(29)5-2-10/h1-7,14-15H,8,23-28H2,(H,32,37). The molecular weight excluding hydrogens is 509 g/mol. The highest BCUT2D eigenvalue weighted by Crippen LogP contribution is 2.44. The molecule has 7 nitrogen and oxygen atoms in total. The van der Waals surface area contributed by atoms with Gasteiger partial charge in [0.05, 0.1) is 0 Å². The van der Waals surface area contributed by atoms with Gasteiger partial charge in [0.25, 0.3) is 11.8 Å². The molecule has 4 rings (SSSR count). The third kappa shape index (κ3) is 4.48. The number of halogens is 3. The average molecular weight is 533 g/mol. The number of nitrogens with zero attached hydrogens (tertiary/aromatic N) is 2. The monoisotopic (exact) mass is 533 g/mol. The van der Waals surface area contributed by atoms with Crippen LogP contribution in [0.2, 0.25) is 16.1 Å². The van der Waals surface area contributed by atoms with E-state index in [0.29, 0.717) is 16.7 Å². The van der Waals surface area contributed by atoms with Gasteiger partial charge in [-0.3, -0.25) is 19.2 Å². The van der Waals surface area contributed by atoms with Gasteiger partial charge in [0.2, 0.25) is 19.8 Å². The van der Waals surface area contributed by atoms with E-state index >= 15 is 0 Å². The fourth-order valence-electron chi connectivity index (χ4n) is 5.12. The van der Waals surface area contributed by atoms with Gasteiger partial charge in [-0.15, -0.1) is 0 Å². The molecule has 1 fully saturated rings. The first kappa shape index (κ1) is 28.1. The number of alkyl halides is 2. The molecule has 2 aromatic rings. The van der Waals surface area contributed by atoms with Crippen molar-refractivity contribution in [2.75, 3.05) is 0 Å². The molecule has 0 aromatic heterocycles. The fourth-order valence-corrected chi connectivity index (χ4v) is 5.24. The minimum absolute atomic E-state index is 0.117. The first-order valence-corrected chi connectivity index (χ1v) is 12.6. The van der Waals surface area contributed by atoms with Gasteiger partial charge in [0.1, 0.15) is 45.3 Å². The van der Waals surface area contributed by atoms with Crippen LogP contribution in [0, 0.1) is 0 Å². The fraction of sp³-hybridized carbons (Fsp3) is 0.273. The summed E-state index contributed by atoms with van der Waals surface area (Å²) >= 11 is 5.78. The lowest BCUT2D eigenvalue weighted by Crippen LogP contribution is -2.62. The summed E-state index contributed by atoms with van der Waals surface area (Å²) in [5, 5.41) is 0.636. The highest BCUT2D eigenvalue weighted by Gasteiger charge is 2.53. The van der Waals surface area contributed by atoms with Crippen LogP contribution in [0.1, 0.15) is 27.0 Å². The van der Waals surface area contributed by atoms with E-state index in [1.165, 1.54) is 25.0 Å². The van der Waals surface area contributed by atoms with Crippen LogP contribution in [0.25, 0.3) is 0 Å². The van der Waals surface area contributed by atoms with Crippen molar-refractivity contribution in [3.8, 4) is 0 Å². The number of hydrogen-bond donors (Lipinski definition) is 1. The molecule has 2 aliphatic rings. The Labute approximate surface area is 229 Å². The predicted octanol–water partition coefficient (Wildman–Crippen LogP) is -3.33. The van der Waals surface area contributed by atoms with Crippen molar-refractivity contribution < 1.29 is 28.0 Å². The van der Waals surface area contributed by atoms with E-state index in [1.54, 1.807) is 57.4 Å². The zero-order chi connectivity index (χ0) is 28.4. The van der Waals surface area contributed by atoms with Gasteiger partial charge in [-0.25, -0.2) is 0 Å². The Morgan fingerprint density at radius 3 is 2.24 bits per heavy atom. The first-order valence-electron chi connectivity index (χ1n) is 12.2. The molecule has 0 saturated carbocycles. The Morgan fingerprint density at radius 2 is 1.63 bits per heavy atom. The topological polar surface area (TPSA) is 86.8 Å². The zero-order valence-electron chi connectivity index (χ0n) is 22.1. The summed E-state index contributed by atoms with van der Waals surface area (Å²) < 4.78 is 29.8. The number of nitrogens with one attached hydrogen (secondary N) is 1. The Hall–Kier alpha value is -2.94. The van der Waals surface area contributed by atoms with Gasteiger partial charge >= 0.3 is 5.92 Å². The minimum atomic E-state index is -3.79. The number of amides is 4. The summed E-state index contributed by atoms with van der Waals surface area (Å²) in [5.41, 5.74) is 1.03. The van der Waals surface area contributed by atoms with E-state index in [1.807, 2.05) is 0 Å². The highest BCUT2D eigenvalue weighted by molar-refractivity contribution is 6.57. The molecule has 0 bridgehead atoms. The number of carbonyl (C=O) groups excluding carboxylic acids is 4. The van der Waals surface area contributed by atoms with Crippen LogP contribution < -0.4 is 5.32 Å². The van der Waals surface area contributed by atoms with Gasteiger partial charge in [-0.05, 0) is 40.4 Å². The van der Waals surface area contributed by atoms with E-state index in [9.17, 15) is 28.0 Å². The normalized spacial score (nSPS) is 21.4. The number of benzene rings is 2. The maximum atomic E-state index is 14.9. The lowest BCUT2D eigenvalue weighted by molar-refractivity contribution is -0.148. The minimum Gasteiger partial charge on any atom is -0.357 e. The Kier molecular flexibility index (Phi) is 6.92. The summed E-state index contributed by atoms with van der Waals surface area (Å²) in [6.07, 6.45) is 0. The smallest absolute Gasteiger partial charge is 0.349 e. The lowest BCUT2D eigenvalue weighted by atomic mass is 9.40. The van der Waals surface area contributed by atoms with Crippen molar-refractivity contribution in [2.24, 2.45) is 0 Å². The Bertz CT molecular complexity index is 1360. The van der Waals surface area contributed by atoms with Crippen LogP contribution in [0.5, 0.6) is 0 Å². The average Bonchev–Trinajstić information content (AvgIpc) is 3.17. The van der Waals surface area contributed by atoms with Gasteiger partial charge < -0.3 is 15.0 Å². The molecule has 2 aliphatic heterocycles. The van der Waals surface area contributed by atoms with E-state index in [-0.39, 0.29) is 23.4 Å². The van der Waals surface area contributed by atoms with Crippen molar-refractivity contribution in [2.45, 2.75) is 34.9 Å². The highest BCUT2D eigenvalue weighted by atomic mass is 35.5. The number of fused-ring (bicyclic) bond motifs is 1. The number of piperidine rings is 1. The van der Waals surface area contributed by atoms with Crippen molar-refractivity contribution in [3.63, 3.8) is 0 Å². The van der Waals surface area contributed by atoms with Crippen molar-refractivity contribution in [3.05, 3.63) is 69.7 Å². The summed E-state index contributed by atoms with van der Waals surface area (Å²) in [6.45, 7) is 0.117. The summed E-state index contributed by atoms with van der Waals surface area (Å²) in [7, 11) is 9.90. The number of hydrogen-bond acceptors (Lipinski definition) is 4. The third-order valence-corrected chi connectivity index (χ3v) is 8.22. The third-order valence-electron chi connectivity index (χ3n) is 7.96. The SMILES string of the molecule is BC1C(N2Cc3cc(C(B)(B)NC(=O)C(F)(F)c4ccc(Cl)cc4)ccc3C2=O)C(=O)N(B)C(=O)C1(B)B. The second-order valence-electron chi connectivity index (χ2n) is 11.1. The molecule has 2 atom stereocenters. The maximum absolute atomic E-state index is 14.9. The number of imide groups is 1. The van der Waals surface area contributed by atoms with Gasteiger partial charge in [-0.2, -0.15) is 8.78 Å². The molecule has 0 aliphatic carbocycles. The predicted molar refractivity (Wildman–Crippen MR) is 155 cm³/mol. The quantitative estimate of drug-likeness (QED) is 0.323. The van der Waals surface area contributed by atoms with E-state index in [4.69, 9.17) is 11.6 Å². The molecule has 2 heterocycles. The number of carbonyl (C=O) groups is 4. The molecule has 0 radical (unpaired) electrons. The van der Waals surface area contributed by atoms with Crippen molar-refractivity contribution in [1.82, 2.24) is 15.0 Å². The number of rotatable bonds is 5. The van der Waals surface area contributed by atoms with E-state index in [0.717, 1.165) is 16.9 Å². The van der Waals surface area contributed by atoms with E-state index in [2.05, 4.69) is 5.32 Å². The largest absolute Gasteiger partial charge is 0.357 e. The van der Waals surface area contributed by atoms with Crippen LogP contribution >= 0.6 is 11.6 Å². The second kappa shape index (κ2) is 9.36. The molecule has 1 saturated heterocycles. The molecule has 38 heavy (non-hydrogen) atoms.